The summed E-state index contributed by atoms with van der Waals surface area (Å²) in [5.74, 6) is 0.347. The van der Waals surface area contributed by atoms with E-state index in [0.29, 0.717) is 0 Å². The largest absolute Gasteiger partial charge is 0.368 e. The molecule has 72 valence electrons. The molecule has 1 rings (SSSR count). The van der Waals surface area contributed by atoms with E-state index in [9.17, 15) is 4.79 Å². The van der Waals surface area contributed by atoms with Crippen molar-refractivity contribution in [3.05, 3.63) is 5.82 Å². The van der Waals surface area contributed by atoms with Gasteiger partial charge in [-0.1, -0.05) is 20.8 Å². The molecule has 0 fully saturated rings. The molecule has 0 aliphatic carbocycles. The molecule has 1 heterocycles. The Morgan fingerprint density at radius 1 is 1.46 bits per heavy atom. The van der Waals surface area contributed by atoms with E-state index >= 15 is 0 Å². The number of nitrogen functional groups attached to an aromatic ring is 1. The van der Waals surface area contributed by atoms with Crippen molar-refractivity contribution in [1.82, 2.24) is 14.8 Å². The Kier molecular flexibility index (Phi) is 2.11. The quantitative estimate of drug-likeness (QED) is 0.646. The number of anilines is 1. The Labute approximate surface area is 76.9 Å². The van der Waals surface area contributed by atoms with E-state index in [1.165, 1.54) is 4.68 Å². The Balaban J connectivity index is 3.03. The summed E-state index contributed by atoms with van der Waals surface area (Å²) in [6.45, 7) is 5.46. The van der Waals surface area contributed by atoms with E-state index in [-0.39, 0.29) is 17.6 Å². The third kappa shape index (κ3) is 1.85. The third-order valence-corrected chi connectivity index (χ3v) is 1.68. The zero-order valence-electron chi connectivity index (χ0n) is 8.33. The average Bonchev–Trinajstić information content (AvgIpc) is 2.29. The Bertz CT molecular complexity index is 315. The molecule has 0 atom stereocenters. The molecule has 1 aromatic rings. The fourth-order valence-corrected chi connectivity index (χ4v) is 0.828. The molecule has 0 saturated carbocycles. The number of hydrogen-bond donors (Lipinski definition) is 1. The van der Waals surface area contributed by atoms with Gasteiger partial charge in [0.2, 0.25) is 17.6 Å². The van der Waals surface area contributed by atoms with E-state index in [2.05, 4.69) is 10.1 Å². The Hall–Kier alpha value is -1.39. The van der Waals surface area contributed by atoms with Gasteiger partial charge in [0, 0.05) is 12.5 Å². The van der Waals surface area contributed by atoms with E-state index in [4.69, 9.17) is 5.73 Å². The topological polar surface area (TPSA) is 73.8 Å². The zero-order valence-corrected chi connectivity index (χ0v) is 8.33. The first-order valence-corrected chi connectivity index (χ1v) is 4.03. The van der Waals surface area contributed by atoms with Crippen LogP contribution < -0.4 is 5.73 Å². The van der Waals surface area contributed by atoms with Gasteiger partial charge in [0.15, 0.2) is 0 Å². The maximum Gasteiger partial charge on any atom is 0.219 e. The summed E-state index contributed by atoms with van der Waals surface area (Å²) in [6, 6.07) is 0. The predicted octanol–water partition coefficient (Wildman–Crippen LogP) is 0.626. The van der Waals surface area contributed by atoms with Crippen LogP contribution in [0.15, 0.2) is 0 Å². The molecular weight excluding hydrogens is 168 g/mol. The van der Waals surface area contributed by atoms with Crippen molar-refractivity contribution in [2.75, 3.05) is 5.73 Å². The minimum atomic E-state index is -0.464. The highest BCUT2D eigenvalue weighted by Gasteiger charge is 2.26. The lowest BCUT2D eigenvalue weighted by molar-refractivity contribution is 0.0847. The molecule has 1 aromatic heterocycles. The second-order valence-electron chi connectivity index (χ2n) is 4.00. The van der Waals surface area contributed by atoms with Crippen LogP contribution >= 0.6 is 0 Å². The smallest absolute Gasteiger partial charge is 0.219 e. The van der Waals surface area contributed by atoms with E-state index in [1.54, 1.807) is 7.05 Å². The van der Waals surface area contributed by atoms with Crippen LogP contribution in [0.3, 0.4) is 0 Å². The molecule has 0 amide bonds. The number of hydrogen-bond acceptors (Lipinski definition) is 4. The van der Waals surface area contributed by atoms with Gasteiger partial charge < -0.3 is 5.73 Å². The maximum atomic E-state index is 11.6. The predicted molar refractivity (Wildman–Crippen MR) is 49.2 cm³/mol. The fourth-order valence-electron chi connectivity index (χ4n) is 0.828. The number of nitrogens with two attached hydrogens (primary N) is 1. The van der Waals surface area contributed by atoms with Crippen LogP contribution in [0, 0.1) is 5.41 Å². The van der Waals surface area contributed by atoms with Crippen LogP contribution in [0.1, 0.15) is 31.4 Å². The lowest BCUT2D eigenvalue weighted by Gasteiger charge is -2.12. The van der Waals surface area contributed by atoms with Crippen LogP contribution in [0.25, 0.3) is 0 Å². The minimum Gasteiger partial charge on any atom is -0.368 e. The van der Waals surface area contributed by atoms with E-state index in [0.717, 1.165) is 0 Å². The third-order valence-electron chi connectivity index (χ3n) is 1.68. The summed E-state index contributed by atoms with van der Waals surface area (Å²) in [4.78, 5) is 15.5. The standard InChI is InChI=1S/C8H14N4O/c1-8(2,3)5(13)6-10-7(9)12(4)11-6/h1-4H3,(H2,9,10,11). The summed E-state index contributed by atoms with van der Waals surface area (Å²) in [6.07, 6.45) is 0. The molecule has 0 radical (unpaired) electrons. The summed E-state index contributed by atoms with van der Waals surface area (Å²) < 4.78 is 1.39. The van der Waals surface area contributed by atoms with Crippen molar-refractivity contribution in [1.29, 1.82) is 0 Å². The highest BCUT2D eigenvalue weighted by molar-refractivity contribution is 5.96. The van der Waals surface area contributed by atoms with Gasteiger partial charge >= 0.3 is 0 Å². The second kappa shape index (κ2) is 2.83. The van der Waals surface area contributed by atoms with E-state index in [1.807, 2.05) is 20.8 Å². The molecular formula is C8H14N4O. The normalized spacial score (nSPS) is 11.7. The van der Waals surface area contributed by atoms with Crippen molar-refractivity contribution >= 4 is 11.7 Å². The molecule has 0 spiro atoms. The number of aryl methyl sites for hydroxylation is 1. The van der Waals surface area contributed by atoms with Gasteiger partial charge in [-0.2, -0.15) is 4.98 Å². The SMILES string of the molecule is Cn1nc(C(=O)C(C)(C)C)nc1N. The highest BCUT2D eigenvalue weighted by atomic mass is 16.1. The monoisotopic (exact) mass is 182 g/mol. The Morgan fingerprint density at radius 2 is 2.00 bits per heavy atom. The van der Waals surface area contributed by atoms with Gasteiger partial charge in [-0.3, -0.25) is 4.79 Å². The molecule has 5 heteroatoms. The van der Waals surface area contributed by atoms with Crippen molar-refractivity contribution < 1.29 is 4.79 Å². The fraction of sp³-hybridized carbons (Fsp3) is 0.625. The van der Waals surface area contributed by atoms with E-state index < -0.39 is 5.41 Å². The van der Waals surface area contributed by atoms with Gasteiger partial charge in [-0.05, 0) is 0 Å². The number of carbonyl (C=O) groups is 1. The number of nitrogens with zero attached hydrogens (tertiary/aromatic N) is 3. The molecule has 0 aromatic carbocycles. The van der Waals surface area contributed by atoms with Crippen LogP contribution in [0.4, 0.5) is 5.95 Å². The van der Waals surface area contributed by atoms with Crippen LogP contribution in [-0.4, -0.2) is 20.5 Å². The van der Waals surface area contributed by atoms with Gasteiger partial charge in [-0.15, -0.1) is 5.10 Å². The first-order chi connectivity index (χ1) is 5.82. The average molecular weight is 182 g/mol. The number of Topliss-reactive ketones (excluding diaryl/α,β-unsaturated/α-hetero) is 1. The van der Waals surface area contributed by atoms with Gasteiger partial charge in [0.05, 0.1) is 0 Å². The first-order valence-electron chi connectivity index (χ1n) is 4.03. The lowest BCUT2D eigenvalue weighted by Crippen LogP contribution is -2.21. The van der Waals surface area contributed by atoms with Crippen LogP contribution in [0.2, 0.25) is 0 Å². The molecule has 2 N–H and O–H groups in total. The Morgan fingerprint density at radius 3 is 2.31 bits per heavy atom. The molecule has 13 heavy (non-hydrogen) atoms. The summed E-state index contributed by atoms with van der Waals surface area (Å²) in [5.41, 5.74) is 4.99. The maximum absolute atomic E-state index is 11.6. The van der Waals surface area contributed by atoms with Crippen molar-refractivity contribution in [3.63, 3.8) is 0 Å². The molecule has 0 aliphatic heterocycles. The lowest BCUT2D eigenvalue weighted by atomic mass is 9.90. The van der Waals surface area contributed by atoms with Crippen molar-refractivity contribution in [2.45, 2.75) is 20.8 Å². The second-order valence-corrected chi connectivity index (χ2v) is 4.00. The molecule has 0 aliphatic rings. The summed E-state index contributed by atoms with van der Waals surface area (Å²) in [5, 5.41) is 3.91. The molecule has 5 nitrogen and oxygen atoms in total. The number of ketones is 1. The molecule has 0 saturated heterocycles. The van der Waals surface area contributed by atoms with Gasteiger partial charge in [-0.25, -0.2) is 4.68 Å². The number of aromatic nitrogens is 3. The van der Waals surface area contributed by atoms with Crippen molar-refractivity contribution in [3.8, 4) is 0 Å². The summed E-state index contributed by atoms with van der Waals surface area (Å²) in [7, 11) is 1.65. The number of carbonyl (C=O) groups excluding carboxylic acids is 1. The molecule has 0 bridgehead atoms. The minimum absolute atomic E-state index is 0.0974. The van der Waals surface area contributed by atoms with Crippen LogP contribution in [0.5, 0.6) is 0 Å². The van der Waals surface area contributed by atoms with Crippen LogP contribution in [-0.2, 0) is 7.05 Å². The summed E-state index contributed by atoms with van der Waals surface area (Å²) >= 11 is 0. The first kappa shape index (κ1) is 9.70. The van der Waals surface area contributed by atoms with Crippen molar-refractivity contribution in [2.24, 2.45) is 12.5 Å². The van der Waals surface area contributed by atoms with Gasteiger partial charge in [0.25, 0.3) is 0 Å². The highest BCUT2D eigenvalue weighted by Crippen LogP contribution is 2.18. The zero-order chi connectivity index (χ0) is 10.2. The van der Waals surface area contributed by atoms with Gasteiger partial charge in [0.1, 0.15) is 0 Å². The number of rotatable bonds is 1. The molecule has 0 unspecified atom stereocenters.